The molecule has 0 aliphatic heterocycles. The third kappa shape index (κ3) is 4.32. The van der Waals surface area contributed by atoms with Crippen LogP contribution in [0.4, 0.5) is 5.69 Å². The number of nitrogens with one attached hydrogen (secondary N) is 2. The molecule has 0 aliphatic rings. The second kappa shape index (κ2) is 8.00. The summed E-state index contributed by atoms with van der Waals surface area (Å²) < 4.78 is 6.33. The number of esters is 1. The van der Waals surface area contributed by atoms with Crippen LogP contribution in [0.3, 0.4) is 0 Å². The first kappa shape index (κ1) is 18.6. The van der Waals surface area contributed by atoms with Crippen LogP contribution in [-0.4, -0.2) is 40.8 Å². The molecule has 0 saturated carbocycles. The Morgan fingerprint density at radius 3 is 2.63 bits per heavy atom. The summed E-state index contributed by atoms with van der Waals surface area (Å²) in [5, 5.41) is 5.32. The maximum Gasteiger partial charge on any atom is 0.325 e. The molecule has 0 atom stereocenters. The molecule has 0 saturated heterocycles. The number of hydrogen-bond donors (Lipinski definition) is 2. The fraction of sp³-hybridized carbons (Fsp3) is 0.222. The zero-order chi connectivity index (χ0) is 19.4. The van der Waals surface area contributed by atoms with Gasteiger partial charge in [-0.15, -0.1) is 0 Å². The van der Waals surface area contributed by atoms with Gasteiger partial charge in [-0.2, -0.15) is 0 Å². The second-order valence-corrected chi connectivity index (χ2v) is 6.75. The molecule has 0 unspecified atom stereocenters. The van der Waals surface area contributed by atoms with Gasteiger partial charge in [-0.3, -0.25) is 18.8 Å². The van der Waals surface area contributed by atoms with Gasteiger partial charge in [-0.1, -0.05) is 23.5 Å². The van der Waals surface area contributed by atoms with E-state index in [4.69, 9.17) is 0 Å². The lowest BCUT2D eigenvalue weighted by Gasteiger charge is -2.07. The summed E-state index contributed by atoms with van der Waals surface area (Å²) in [6.45, 7) is 1.71. The van der Waals surface area contributed by atoms with Gasteiger partial charge >= 0.3 is 5.97 Å². The van der Waals surface area contributed by atoms with Crippen LogP contribution in [0.15, 0.2) is 36.7 Å². The molecule has 27 heavy (non-hydrogen) atoms. The van der Waals surface area contributed by atoms with E-state index in [-0.39, 0.29) is 24.8 Å². The van der Waals surface area contributed by atoms with E-state index in [1.54, 1.807) is 30.5 Å². The van der Waals surface area contributed by atoms with Crippen molar-refractivity contribution in [1.29, 1.82) is 0 Å². The van der Waals surface area contributed by atoms with E-state index in [1.165, 1.54) is 18.4 Å². The maximum atomic E-state index is 12.5. The van der Waals surface area contributed by atoms with Crippen LogP contribution < -0.4 is 10.6 Å². The second-order valence-electron chi connectivity index (χ2n) is 5.78. The lowest BCUT2D eigenvalue weighted by Crippen LogP contribution is -2.31. The third-order valence-corrected chi connectivity index (χ3v) is 5.10. The topological polar surface area (TPSA) is 102 Å². The first-order valence-corrected chi connectivity index (χ1v) is 8.96. The minimum absolute atomic E-state index is 0.131. The van der Waals surface area contributed by atoms with Crippen molar-refractivity contribution >= 4 is 39.8 Å². The summed E-state index contributed by atoms with van der Waals surface area (Å²) in [5.74, 6) is -0.987. The van der Waals surface area contributed by atoms with E-state index < -0.39 is 5.97 Å². The van der Waals surface area contributed by atoms with Crippen LogP contribution in [-0.2, 0) is 20.7 Å². The van der Waals surface area contributed by atoms with Crippen molar-refractivity contribution in [2.45, 2.75) is 13.3 Å². The molecule has 0 spiro atoms. The summed E-state index contributed by atoms with van der Waals surface area (Å²) in [5.41, 5.74) is 2.23. The quantitative estimate of drug-likeness (QED) is 0.629. The van der Waals surface area contributed by atoms with Crippen LogP contribution in [0.1, 0.15) is 20.9 Å². The lowest BCUT2D eigenvalue weighted by atomic mass is 10.1. The average molecular weight is 386 g/mol. The number of fused-ring (bicyclic) bond motifs is 1. The molecule has 0 aliphatic carbocycles. The standard InChI is InChI=1S/C18H18N4O4S/c1-11-16(27-18-19-7-8-22(11)18)17(25)21-13-5-3-12(4-6-13)9-14(23)20-10-15(24)26-2/h3-8H,9-10H2,1-2H3,(H,20,23)(H,21,25). The Morgan fingerprint density at radius 2 is 1.96 bits per heavy atom. The SMILES string of the molecule is COC(=O)CNC(=O)Cc1ccc(NC(=O)c2sc3nccn3c2C)cc1. The Balaban J connectivity index is 1.59. The summed E-state index contributed by atoms with van der Waals surface area (Å²) >= 11 is 1.33. The normalized spacial score (nSPS) is 10.6. The number of hydrogen-bond acceptors (Lipinski definition) is 6. The minimum atomic E-state index is -0.502. The number of methoxy groups -OCH3 is 1. The molecule has 3 aromatic rings. The minimum Gasteiger partial charge on any atom is -0.468 e. The third-order valence-electron chi connectivity index (χ3n) is 3.93. The summed E-state index contributed by atoms with van der Waals surface area (Å²) in [7, 11) is 1.26. The molecule has 9 heteroatoms. The molecule has 0 bridgehead atoms. The fourth-order valence-corrected chi connectivity index (χ4v) is 3.47. The van der Waals surface area contributed by atoms with Crippen molar-refractivity contribution in [2.24, 2.45) is 0 Å². The first-order valence-electron chi connectivity index (χ1n) is 8.14. The average Bonchev–Trinajstić information content (AvgIpc) is 3.24. The van der Waals surface area contributed by atoms with Crippen molar-refractivity contribution in [3.8, 4) is 0 Å². The Hall–Kier alpha value is -3.20. The van der Waals surface area contributed by atoms with E-state index in [1.807, 2.05) is 17.5 Å². The van der Waals surface area contributed by atoms with Crippen molar-refractivity contribution in [1.82, 2.24) is 14.7 Å². The molecule has 1 aromatic carbocycles. The van der Waals surface area contributed by atoms with Crippen LogP contribution in [0.25, 0.3) is 4.96 Å². The van der Waals surface area contributed by atoms with Gasteiger partial charge in [0, 0.05) is 23.8 Å². The van der Waals surface area contributed by atoms with Crippen molar-refractivity contribution in [3.63, 3.8) is 0 Å². The molecular weight excluding hydrogens is 368 g/mol. The smallest absolute Gasteiger partial charge is 0.325 e. The Morgan fingerprint density at radius 1 is 1.22 bits per heavy atom. The van der Waals surface area contributed by atoms with Gasteiger partial charge in [0.25, 0.3) is 5.91 Å². The molecular formula is C18H18N4O4S. The Bertz CT molecular complexity index is 991. The van der Waals surface area contributed by atoms with Gasteiger partial charge in [-0.05, 0) is 24.6 Å². The number of carbonyl (C=O) groups excluding carboxylic acids is 3. The molecule has 2 N–H and O–H groups in total. The number of anilines is 1. The number of aromatic nitrogens is 2. The highest BCUT2D eigenvalue weighted by Gasteiger charge is 2.16. The van der Waals surface area contributed by atoms with Crippen LogP contribution in [0.5, 0.6) is 0 Å². The lowest BCUT2D eigenvalue weighted by molar-refractivity contribution is -0.141. The zero-order valence-electron chi connectivity index (χ0n) is 14.8. The van der Waals surface area contributed by atoms with Gasteiger partial charge in [0.1, 0.15) is 11.4 Å². The van der Waals surface area contributed by atoms with E-state index >= 15 is 0 Å². The van der Waals surface area contributed by atoms with Gasteiger partial charge in [0.15, 0.2) is 4.96 Å². The number of thiazole rings is 1. The number of aryl methyl sites for hydroxylation is 1. The van der Waals surface area contributed by atoms with Crippen LogP contribution >= 0.6 is 11.3 Å². The zero-order valence-corrected chi connectivity index (χ0v) is 15.6. The van der Waals surface area contributed by atoms with E-state index in [2.05, 4.69) is 20.4 Å². The molecule has 2 heterocycles. The molecule has 3 rings (SSSR count). The molecule has 8 nitrogen and oxygen atoms in total. The van der Waals surface area contributed by atoms with Gasteiger partial charge in [-0.25, -0.2) is 4.98 Å². The number of imidazole rings is 1. The summed E-state index contributed by atoms with van der Waals surface area (Å²) in [4.78, 5) is 40.9. The number of ether oxygens (including phenoxy) is 1. The molecule has 140 valence electrons. The number of benzene rings is 1. The highest BCUT2D eigenvalue weighted by Crippen LogP contribution is 2.23. The highest BCUT2D eigenvalue weighted by molar-refractivity contribution is 7.19. The van der Waals surface area contributed by atoms with Gasteiger partial charge in [0.05, 0.1) is 13.5 Å². The molecule has 0 fully saturated rings. The van der Waals surface area contributed by atoms with Gasteiger partial charge in [0.2, 0.25) is 5.91 Å². The Kier molecular flexibility index (Phi) is 5.51. The number of nitrogens with zero attached hydrogens (tertiary/aromatic N) is 2. The number of amides is 2. The van der Waals surface area contributed by atoms with E-state index in [9.17, 15) is 14.4 Å². The molecule has 0 radical (unpaired) electrons. The number of rotatable bonds is 6. The van der Waals surface area contributed by atoms with Crippen molar-refractivity contribution < 1.29 is 19.1 Å². The predicted octanol–water partition coefficient (Wildman–Crippen LogP) is 1.79. The van der Waals surface area contributed by atoms with E-state index in [0.717, 1.165) is 16.2 Å². The number of carbonyl (C=O) groups is 3. The highest BCUT2D eigenvalue weighted by atomic mass is 32.1. The molecule has 2 aromatic heterocycles. The van der Waals surface area contributed by atoms with Crippen LogP contribution in [0, 0.1) is 6.92 Å². The van der Waals surface area contributed by atoms with Crippen molar-refractivity contribution in [2.75, 3.05) is 19.0 Å². The monoisotopic (exact) mass is 386 g/mol. The Labute approximate surface area is 159 Å². The fourth-order valence-electron chi connectivity index (χ4n) is 2.49. The predicted molar refractivity (Wildman–Crippen MR) is 101 cm³/mol. The van der Waals surface area contributed by atoms with Crippen molar-refractivity contribution in [3.05, 3.63) is 52.8 Å². The first-order chi connectivity index (χ1) is 13.0. The van der Waals surface area contributed by atoms with Crippen LogP contribution in [0.2, 0.25) is 0 Å². The van der Waals surface area contributed by atoms with E-state index in [0.29, 0.717) is 10.6 Å². The summed E-state index contributed by atoms with van der Waals surface area (Å²) in [6, 6.07) is 6.96. The summed E-state index contributed by atoms with van der Waals surface area (Å²) in [6.07, 6.45) is 3.64. The molecule has 2 amide bonds. The largest absolute Gasteiger partial charge is 0.468 e. The van der Waals surface area contributed by atoms with Gasteiger partial charge < -0.3 is 15.4 Å². The maximum absolute atomic E-state index is 12.5.